The quantitative estimate of drug-likeness (QED) is 0.482. The number of nitrogens with one attached hydrogen (secondary N) is 1. The summed E-state index contributed by atoms with van der Waals surface area (Å²) >= 11 is 0. The summed E-state index contributed by atoms with van der Waals surface area (Å²) in [6.07, 6.45) is 3.89. The van der Waals surface area contributed by atoms with Crippen LogP contribution in [0.2, 0.25) is 0 Å². The number of hydrogen-bond donors (Lipinski definition) is 1. The molecule has 1 atom stereocenters. The molecule has 4 aromatic rings. The van der Waals surface area contributed by atoms with E-state index in [4.69, 9.17) is 0 Å². The molecule has 2 aromatic heterocycles. The second-order valence-electron chi connectivity index (χ2n) is 7.68. The van der Waals surface area contributed by atoms with Crippen LogP contribution in [0.1, 0.15) is 24.7 Å². The van der Waals surface area contributed by atoms with Gasteiger partial charge < -0.3 is 5.32 Å². The highest BCUT2D eigenvalue weighted by Crippen LogP contribution is 2.13. The molecule has 1 N–H and O–H groups in total. The van der Waals surface area contributed by atoms with E-state index in [1.54, 1.807) is 28.8 Å². The molecule has 0 unspecified atom stereocenters. The van der Waals surface area contributed by atoms with Gasteiger partial charge in [0, 0.05) is 31.8 Å². The average Bonchev–Trinajstić information content (AvgIpc) is 3.17. The molecule has 164 valence electrons. The summed E-state index contributed by atoms with van der Waals surface area (Å²) in [7, 11) is 0. The third-order valence-electron chi connectivity index (χ3n) is 5.10. The predicted molar refractivity (Wildman–Crippen MR) is 114 cm³/mol. The molecule has 0 aliphatic carbocycles. The molecule has 2 aromatic carbocycles. The molecule has 32 heavy (non-hydrogen) atoms. The maximum Gasteiger partial charge on any atom is 0.300 e. The highest BCUT2D eigenvalue weighted by molar-refractivity contribution is 5.76. The van der Waals surface area contributed by atoms with Crippen LogP contribution in [0, 0.1) is 17.6 Å². The van der Waals surface area contributed by atoms with Gasteiger partial charge in [0.05, 0.1) is 5.69 Å². The molecule has 0 aliphatic rings. The molecular weight excluding hydrogens is 416 g/mol. The normalized spacial score (nSPS) is 12.1. The van der Waals surface area contributed by atoms with Crippen molar-refractivity contribution in [3.05, 3.63) is 94.3 Å². The number of amides is 1. The Balaban J connectivity index is 1.42. The van der Waals surface area contributed by atoms with E-state index in [2.05, 4.69) is 15.5 Å². The highest BCUT2D eigenvalue weighted by atomic mass is 19.1. The summed E-state index contributed by atoms with van der Waals surface area (Å²) < 4.78 is 29.4. The average molecular weight is 437 g/mol. The van der Waals surface area contributed by atoms with Crippen molar-refractivity contribution in [3.63, 3.8) is 0 Å². The number of nitrogens with zero attached hydrogens (tertiary/aromatic N) is 4. The summed E-state index contributed by atoms with van der Waals surface area (Å²) in [5.74, 6) is -0.396. The number of aromatic nitrogens is 4. The monoisotopic (exact) mass is 437 g/mol. The summed E-state index contributed by atoms with van der Waals surface area (Å²) in [5, 5.41) is 10.9. The zero-order valence-corrected chi connectivity index (χ0v) is 17.3. The molecular formula is C23H21F2N5O2. The van der Waals surface area contributed by atoms with Crippen LogP contribution in [0.15, 0.2) is 65.7 Å². The lowest BCUT2D eigenvalue weighted by atomic mass is 10.0. The van der Waals surface area contributed by atoms with Crippen LogP contribution >= 0.6 is 0 Å². The fourth-order valence-electron chi connectivity index (χ4n) is 3.48. The minimum atomic E-state index is -0.442. The number of halogens is 2. The van der Waals surface area contributed by atoms with E-state index < -0.39 is 11.4 Å². The molecule has 2 heterocycles. The van der Waals surface area contributed by atoms with Crippen LogP contribution in [0.4, 0.5) is 8.78 Å². The van der Waals surface area contributed by atoms with Crippen LogP contribution in [0.5, 0.6) is 0 Å². The van der Waals surface area contributed by atoms with Crippen LogP contribution < -0.4 is 10.9 Å². The van der Waals surface area contributed by atoms with Gasteiger partial charge >= 0.3 is 5.56 Å². The molecule has 0 fully saturated rings. The topological polar surface area (TPSA) is 81.3 Å². The number of carbonyl (C=O) groups is 1. The SMILES string of the molecule is C[C@@H](CC(=O)NCc1ccc(F)cc1)Cc1nnc2c(=O)n(-c3cccc(F)c3)ccn12. The van der Waals surface area contributed by atoms with E-state index >= 15 is 0 Å². The molecule has 0 saturated carbocycles. The van der Waals surface area contributed by atoms with Crippen molar-refractivity contribution in [1.29, 1.82) is 0 Å². The third kappa shape index (κ3) is 4.72. The van der Waals surface area contributed by atoms with Gasteiger partial charge in [0.1, 0.15) is 17.5 Å². The zero-order chi connectivity index (χ0) is 22.7. The predicted octanol–water partition coefficient (Wildman–Crippen LogP) is 3.04. The van der Waals surface area contributed by atoms with Gasteiger partial charge in [-0.2, -0.15) is 0 Å². The Hall–Kier alpha value is -3.88. The van der Waals surface area contributed by atoms with Gasteiger partial charge in [0.25, 0.3) is 0 Å². The summed E-state index contributed by atoms with van der Waals surface area (Å²) in [5.41, 5.74) is 0.917. The molecule has 0 aliphatic heterocycles. The Bertz CT molecular complexity index is 1310. The molecule has 4 rings (SSSR count). The van der Waals surface area contributed by atoms with Gasteiger partial charge in [-0.3, -0.25) is 18.6 Å². The first-order valence-corrected chi connectivity index (χ1v) is 10.1. The minimum absolute atomic E-state index is 0.0544. The molecule has 0 spiro atoms. The first-order chi connectivity index (χ1) is 15.4. The number of hydrogen-bond acceptors (Lipinski definition) is 4. The standard InChI is InChI=1S/C23H21F2N5O2/c1-15(12-21(31)26-14-16-5-7-17(24)8-6-16)11-20-27-28-22-23(32)29(9-10-30(20)22)19-4-2-3-18(25)13-19/h2-10,13,15H,11-12,14H2,1H3,(H,26,31)/t15-/m1/s1. The number of benzene rings is 2. The highest BCUT2D eigenvalue weighted by Gasteiger charge is 2.16. The van der Waals surface area contributed by atoms with E-state index in [-0.39, 0.29) is 29.7 Å². The lowest BCUT2D eigenvalue weighted by Crippen LogP contribution is -2.25. The van der Waals surface area contributed by atoms with Gasteiger partial charge in [0.15, 0.2) is 0 Å². The van der Waals surface area contributed by atoms with Gasteiger partial charge in [-0.15, -0.1) is 10.2 Å². The van der Waals surface area contributed by atoms with E-state index in [0.29, 0.717) is 24.5 Å². The fraction of sp³-hybridized carbons (Fsp3) is 0.217. The van der Waals surface area contributed by atoms with Crippen molar-refractivity contribution in [2.45, 2.75) is 26.3 Å². The minimum Gasteiger partial charge on any atom is -0.352 e. The van der Waals surface area contributed by atoms with Crippen LogP contribution in [-0.4, -0.2) is 25.1 Å². The van der Waals surface area contributed by atoms with Gasteiger partial charge in [0.2, 0.25) is 11.6 Å². The maximum atomic E-state index is 13.5. The molecule has 7 nitrogen and oxygen atoms in total. The Morgan fingerprint density at radius 2 is 1.84 bits per heavy atom. The van der Waals surface area contributed by atoms with Gasteiger partial charge in [-0.1, -0.05) is 25.1 Å². The van der Waals surface area contributed by atoms with Crippen LogP contribution in [0.3, 0.4) is 0 Å². The largest absolute Gasteiger partial charge is 0.352 e. The molecule has 0 saturated heterocycles. The summed E-state index contributed by atoms with van der Waals surface area (Å²) in [6.45, 7) is 2.23. The number of fused-ring (bicyclic) bond motifs is 1. The number of carbonyl (C=O) groups excluding carboxylic acids is 1. The van der Waals surface area contributed by atoms with Crippen molar-refractivity contribution in [1.82, 2.24) is 24.5 Å². The zero-order valence-electron chi connectivity index (χ0n) is 17.3. The molecule has 1 amide bonds. The molecule has 0 radical (unpaired) electrons. The van der Waals surface area contributed by atoms with Crippen molar-refractivity contribution in [2.24, 2.45) is 5.92 Å². The second-order valence-corrected chi connectivity index (χ2v) is 7.68. The lowest BCUT2D eigenvalue weighted by molar-refractivity contribution is -0.122. The third-order valence-corrected chi connectivity index (χ3v) is 5.10. The van der Waals surface area contributed by atoms with Crippen molar-refractivity contribution >= 4 is 11.6 Å². The van der Waals surface area contributed by atoms with E-state index in [1.165, 1.54) is 41.1 Å². The Morgan fingerprint density at radius 3 is 2.59 bits per heavy atom. The molecule has 0 bridgehead atoms. The first kappa shape index (κ1) is 21.4. The lowest BCUT2D eigenvalue weighted by Gasteiger charge is -2.11. The smallest absolute Gasteiger partial charge is 0.300 e. The fourth-order valence-corrected chi connectivity index (χ4v) is 3.48. The van der Waals surface area contributed by atoms with E-state index in [0.717, 1.165) is 5.56 Å². The van der Waals surface area contributed by atoms with Crippen molar-refractivity contribution in [3.8, 4) is 5.69 Å². The summed E-state index contributed by atoms with van der Waals surface area (Å²) in [6, 6.07) is 11.7. The number of rotatable bonds is 7. The molecule has 9 heteroatoms. The van der Waals surface area contributed by atoms with E-state index in [1.807, 2.05) is 6.92 Å². The van der Waals surface area contributed by atoms with Crippen LogP contribution in [-0.2, 0) is 17.8 Å². The van der Waals surface area contributed by atoms with Crippen molar-refractivity contribution < 1.29 is 13.6 Å². The van der Waals surface area contributed by atoms with Crippen LogP contribution in [0.25, 0.3) is 11.3 Å². The van der Waals surface area contributed by atoms with Gasteiger partial charge in [-0.05, 0) is 41.8 Å². The maximum absolute atomic E-state index is 13.5. The first-order valence-electron chi connectivity index (χ1n) is 10.1. The Kier molecular flexibility index (Phi) is 6.07. The van der Waals surface area contributed by atoms with Crippen molar-refractivity contribution in [2.75, 3.05) is 0 Å². The Labute approximate surface area is 182 Å². The summed E-state index contributed by atoms with van der Waals surface area (Å²) in [4.78, 5) is 25.0. The van der Waals surface area contributed by atoms with E-state index in [9.17, 15) is 18.4 Å². The Morgan fingerprint density at radius 1 is 1.06 bits per heavy atom. The van der Waals surface area contributed by atoms with Gasteiger partial charge in [-0.25, -0.2) is 8.78 Å². The second kappa shape index (κ2) is 9.09.